The molecule has 2 rings (SSSR count). The Morgan fingerprint density at radius 1 is 1.10 bits per heavy atom. The summed E-state index contributed by atoms with van der Waals surface area (Å²) in [4.78, 5) is 8.64. The second-order valence-corrected chi connectivity index (χ2v) is 4.74. The maximum Gasteiger partial charge on any atom is 0.152 e. The molecule has 0 bridgehead atoms. The number of hydrogen-bond donors (Lipinski definition) is 2. The van der Waals surface area contributed by atoms with Crippen LogP contribution in [0.1, 0.15) is 23.9 Å². The summed E-state index contributed by atoms with van der Waals surface area (Å²) in [6.45, 7) is 5.30. The number of aromatic nitrogens is 2. The van der Waals surface area contributed by atoms with E-state index >= 15 is 0 Å². The van der Waals surface area contributed by atoms with Crippen LogP contribution in [0.5, 0.6) is 0 Å². The average molecular weight is 292 g/mol. The first kappa shape index (κ1) is 15.2. The molecule has 6 heteroatoms. The highest BCUT2D eigenvalue weighted by Crippen LogP contribution is 2.28. The molecule has 112 valence electrons. The van der Waals surface area contributed by atoms with E-state index in [4.69, 9.17) is 0 Å². The van der Waals surface area contributed by atoms with E-state index in [1.54, 1.807) is 20.9 Å². The van der Waals surface area contributed by atoms with Crippen LogP contribution < -0.4 is 10.6 Å². The van der Waals surface area contributed by atoms with Gasteiger partial charge in [0.1, 0.15) is 29.0 Å². The van der Waals surface area contributed by atoms with Crippen LogP contribution in [-0.4, -0.2) is 17.0 Å². The maximum atomic E-state index is 14.1. The van der Waals surface area contributed by atoms with Crippen LogP contribution in [0.15, 0.2) is 12.1 Å². The maximum absolute atomic E-state index is 14.1. The number of benzene rings is 1. The smallest absolute Gasteiger partial charge is 0.152 e. The first-order chi connectivity index (χ1) is 9.97. The third-order valence-corrected chi connectivity index (χ3v) is 3.27. The van der Waals surface area contributed by atoms with Crippen LogP contribution in [0.25, 0.3) is 0 Å². The molecule has 1 aromatic heterocycles. The third kappa shape index (κ3) is 2.94. The standard InChI is InChI=1S/C15H18F2N4/c1-5-11-19-14(18-4)9(3)15(20-11)21-13-10(16)7-6-8(2)12(13)17/h6-7H,5H2,1-4H3,(H2,18,19,20,21). The lowest BCUT2D eigenvalue weighted by Crippen LogP contribution is -2.08. The molecule has 0 radical (unpaired) electrons. The Bertz CT molecular complexity index is 671. The number of nitrogens with zero attached hydrogens (tertiary/aromatic N) is 2. The van der Waals surface area contributed by atoms with Crippen molar-refractivity contribution in [2.24, 2.45) is 0 Å². The quantitative estimate of drug-likeness (QED) is 0.901. The van der Waals surface area contributed by atoms with Gasteiger partial charge in [0.15, 0.2) is 5.82 Å². The number of anilines is 3. The van der Waals surface area contributed by atoms with Gasteiger partial charge in [-0.2, -0.15) is 0 Å². The SMILES string of the molecule is CCc1nc(NC)c(C)c(Nc2c(F)ccc(C)c2F)n1. The van der Waals surface area contributed by atoms with Crippen molar-refractivity contribution >= 4 is 17.3 Å². The van der Waals surface area contributed by atoms with Gasteiger partial charge in [-0.3, -0.25) is 0 Å². The Hall–Kier alpha value is -2.24. The van der Waals surface area contributed by atoms with Crippen molar-refractivity contribution in [3.63, 3.8) is 0 Å². The molecule has 0 atom stereocenters. The first-order valence-electron chi connectivity index (χ1n) is 6.74. The lowest BCUT2D eigenvalue weighted by atomic mass is 10.2. The number of halogens is 2. The van der Waals surface area contributed by atoms with Gasteiger partial charge in [0.05, 0.1) is 0 Å². The Morgan fingerprint density at radius 3 is 2.38 bits per heavy atom. The van der Waals surface area contributed by atoms with Crippen LogP contribution in [0.2, 0.25) is 0 Å². The molecule has 1 heterocycles. The molecule has 0 unspecified atom stereocenters. The largest absolute Gasteiger partial charge is 0.373 e. The van der Waals surface area contributed by atoms with E-state index in [0.29, 0.717) is 35.0 Å². The van der Waals surface area contributed by atoms with Crippen LogP contribution in [0, 0.1) is 25.5 Å². The lowest BCUT2D eigenvalue weighted by molar-refractivity contribution is 0.584. The van der Waals surface area contributed by atoms with Crippen molar-refractivity contribution in [2.45, 2.75) is 27.2 Å². The van der Waals surface area contributed by atoms with Gasteiger partial charge in [0, 0.05) is 19.0 Å². The normalized spacial score (nSPS) is 10.6. The minimum Gasteiger partial charge on any atom is -0.373 e. The molecule has 0 aliphatic heterocycles. The van der Waals surface area contributed by atoms with E-state index in [1.165, 1.54) is 12.1 Å². The van der Waals surface area contributed by atoms with Crippen molar-refractivity contribution in [2.75, 3.05) is 17.7 Å². The van der Waals surface area contributed by atoms with Crippen LogP contribution in [0.4, 0.5) is 26.1 Å². The minimum absolute atomic E-state index is 0.194. The first-order valence-corrected chi connectivity index (χ1v) is 6.74. The highest BCUT2D eigenvalue weighted by molar-refractivity contribution is 5.66. The zero-order chi connectivity index (χ0) is 15.6. The molecule has 2 N–H and O–H groups in total. The van der Waals surface area contributed by atoms with Gasteiger partial charge >= 0.3 is 0 Å². The highest BCUT2D eigenvalue weighted by atomic mass is 19.1. The van der Waals surface area contributed by atoms with E-state index in [9.17, 15) is 8.78 Å². The summed E-state index contributed by atoms with van der Waals surface area (Å²) in [6, 6.07) is 2.64. The summed E-state index contributed by atoms with van der Waals surface area (Å²) >= 11 is 0. The topological polar surface area (TPSA) is 49.8 Å². The van der Waals surface area contributed by atoms with Gasteiger partial charge < -0.3 is 10.6 Å². The molecule has 0 aliphatic rings. The predicted octanol–water partition coefficient (Wildman–Crippen LogP) is 3.72. The molecule has 0 aliphatic carbocycles. The zero-order valence-corrected chi connectivity index (χ0v) is 12.5. The fourth-order valence-electron chi connectivity index (χ4n) is 1.98. The number of hydrogen-bond acceptors (Lipinski definition) is 4. The Balaban J connectivity index is 2.51. The molecular formula is C15H18F2N4. The molecular weight excluding hydrogens is 274 g/mol. The van der Waals surface area contributed by atoms with Crippen molar-refractivity contribution < 1.29 is 8.78 Å². The Morgan fingerprint density at radius 2 is 1.76 bits per heavy atom. The van der Waals surface area contributed by atoms with Crippen molar-refractivity contribution in [1.82, 2.24) is 9.97 Å². The summed E-state index contributed by atoms with van der Waals surface area (Å²) in [6.07, 6.45) is 0.627. The van der Waals surface area contributed by atoms with Crippen molar-refractivity contribution in [1.29, 1.82) is 0 Å². The third-order valence-electron chi connectivity index (χ3n) is 3.27. The van der Waals surface area contributed by atoms with E-state index in [1.807, 2.05) is 6.92 Å². The second-order valence-electron chi connectivity index (χ2n) is 4.74. The van der Waals surface area contributed by atoms with E-state index in [2.05, 4.69) is 20.6 Å². The molecule has 2 aromatic rings. The molecule has 0 saturated heterocycles. The second kappa shape index (κ2) is 6.03. The van der Waals surface area contributed by atoms with Crippen LogP contribution in [0.3, 0.4) is 0 Å². The monoisotopic (exact) mass is 292 g/mol. The highest BCUT2D eigenvalue weighted by Gasteiger charge is 2.15. The fourth-order valence-corrected chi connectivity index (χ4v) is 1.98. The summed E-state index contributed by atoms with van der Waals surface area (Å²) in [5, 5.41) is 5.72. The van der Waals surface area contributed by atoms with E-state index in [-0.39, 0.29) is 5.69 Å². The predicted molar refractivity (Wildman–Crippen MR) is 80.1 cm³/mol. The molecule has 4 nitrogen and oxygen atoms in total. The van der Waals surface area contributed by atoms with Gasteiger partial charge in [-0.05, 0) is 25.5 Å². The molecule has 0 spiro atoms. The number of aryl methyl sites for hydroxylation is 2. The van der Waals surface area contributed by atoms with Crippen molar-refractivity contribution in [3.05, 3.63) is 40.7 Å². The zero-order valence-electron chi connectivity index (χ0n) is 12.5. The molecule has 1 aromatic carbocycles. The molecule has 21 heavy (non-hydrogen) atoms. The summed E-state index contributed by atoms with van der Waals surface area (Å²) < 4.78 is 27.9. The Kier molecular flexibility index (Phi) is 4.35. The lowest BCUT2D eigenvalue weighted by Gasteiger charge is -2.15. The minimum atomic E-state index is -0.653. The molecule has 0 fully saturated rings. The summed E-state index contributed by atoms with van der Waals surface area (Å²) in [5.41, 5.74) is 0.881. The van der Waals surface area contributed by atoms with E-state index in [0.717, 1.165) is 0 Å². The fraction of sp³-hybridized carbons (Fsp3) is 0.333. The van der Waals surface area contributed by atoms with Gasteiger partial charge in [0.2, 0.25) is 0 Å². The van der Waals surface area contributed by atoms with Crippen LogP contribution in [-0.2, 0) is 6.42 Å². The van der Waals surface area contributed by atoms with Crippen molar-refractivity contribution in [3.8, 4) is 0 Å². The van der Waals surface area contributed by atoms with Gasteiger partial charge in [-0.15, -0.1) is 0 Å². The van der Waals surface area contributed by atoms with E-state index < -0.39 is 11.6 Å². The summed E-state index contributed by atoms with van der Waals surface area (Å²) in [5.74, 6) is 0.366. The van der Waals surface area contributed by atoms with Gasteiger partial charge in [-0.1, -0.05) is 13.0 Å². The van der Waals surface area contributed by atoms with Crippen LogP contribution >= 0.6 is 0 Å². The average Bonchev–Trinajstić information content (AvgIpc) is 2.49. The van der Waals surface area contributed by atoms with Gasteiger partial charge in [0.25, 0.3) is 0 Å². The number of rotatable bonds is 4. The number of nitrogens with one attached hydrogen (secondary N) is 2. The summed E-state index contributed by atoms with van der Waals surface area (Å²) in [7, 11) is 1.74. The molecule has 0 saturated carbocycles. The Labute approximate surface area is 122 Å². The molecule has 0 amide bonds. The van der Waals surface area contributed by atoms with Gasteiger partial charge in [-0.25, -0.2) is 18.7 Å².